The van der Waals surface area contributed by atoms with Crippen LogP contribution in [0.5, 0.6) is 0 Å². The lowest BCUT2D eigenvalue weighted by Gasteiger charge is -2.24. The van der Waals surface area contributed by atoms with Gasteiger partial charge in [-0.15, -0.1) is 10.2 Å². The Morgan fingerprint density at radius 3 is 2.37 bits per heavy atom. The minimum absolute atomic E-state index is 0.889. The van der Waals surface area contributed by atoms with Crippen LogP contribution in [0.4, 0.5) is 0 Å². The quantitative estimate of drug-likeness (QED) is 0.354. The fourth-order valence-corrected chi connectivity index (χ4v) is 5.09. The average Bonchev–Trinajstić information content (AvgIpc) is 2.96. The molecule has 0 aliphatic carbocycles. The number of hydrogen-bond acceptors (Lipinski definition) is 7. The number of hydrogen-bond donors (Lipinski definition) is 0. The minimum Gasteiger partial charge on any atom is -0.377 e. The Morgan fingerprint density at radius 2 is 1.79 bits per heavy atom. The molecular formula is C11H22N2O3S2Si. The molecule has 0 aliphatic rings. The van der Waals surface area contributed by atoms with Crippen LogP contribution in [0.2, 0.25) is 6.04 Å². The van der Waals surface area contributed by atoms with E-state index in [0.29, 0.717) is 0 Å². The summed E-state index contributed by atoms with van der Waals surface area (Å²) >= 11 is 3.38. The molecule has 0 unspecified atom stereocenters. The van der Waals surface area contributed by atoms with E-state index in [1.54, 1.807) is 49.9 Å². The van der Waals surface area contributed by atoms with Crippen LogP contribution in [0.25, 0.3) is 0 Å². The van der Waals surface area contributed by atoms with E-state index < -0.39 is 8.80 Å². The van der Waals surface area contributed by atoms with Gasteiger partial charge in [0.2, 0.25) is 0 Å². The molecule has 0 amide bonds. The van der Waals surface area contributed by atoms with Gasteiger partial charge in [0.15, 0.2) is 4.34 Å². The highest BCUT2D eigenvalue weighted by Crippen LogP contribution is 2.22. The van der Waals surface area contributed by atoms with Crippen molar-refractivity contribution in [3.05, 3.63) is 5.51 Å². The molecule has 1 aromatic rings. The Kier molecular flexibility index (Phi) is 8.83. The maximum absolute atomic E-state index is 5.39. The third-order valence-electron chi connectivity index (χ3n) is 2.88. The predicted molar refractivity (Wildman–Crippen MR) is 80.7 cm³/mol. The van der Waals surface area contributed by atoms with Gasteiger partial charge in [0.05, 0.1) is 0 Å². The van der Waals surface area contributed by atoms with Gasteiger partial charge in [0.25, 0.3) is 0 Å². The maximum atomic E-state index is 5.39. The molecule has 5 nitrogen and oxygen atoms in total. The standard InChI is InChI=1S/C11H22N2O3S2Si/c1-14-19(15-2,16-3)9-7-5-4-6-8-17-11-13-12-10-18-11/h10H,4-9H2,1-3H3. The van der Waals surface area contributed by atoms with Crippen molar-refractivity contribution in [3.63, 3.8) is 0 Å². The number of thioether (sulfide) groups is 1. The molecule has 0 fully saturated rings. The zero-order valence-electron chi connectivity index (χ0n) is 11.8. The van der Waals surface area contributed by atoms with Crippen LogP contribution in [-0.4, -0.2) is 46.1 Å². The summed E-state index contributed by atoms with van der Waals surface area (Å²) in [4.78, 5) is 0. The molecule has 1 rings (SSSR count). The van der Waals surface area contributed by atoms with Gasteiger partial charge in [0.1, 0.15) is 5.51 Å². The first-order valence-electron chi connectivity index (χ1n) is 6.31. The molecule has 0 N–H and O–H groups in total. The number of unbranched alkanes of at least 4 members (excludes halogenated alkanes) is 3. The smallest absolute Gasteiger partial charge is 0.377 e. The summed E-state index contributed by atoms with van der Waals surface area (Å²) in [7, 11) is 2.64. The fraction of sp³-hybridized carbons (Fsp3) is 0.818. The molecule has 1 aromatic heterocycles. The lowest BCUT2D eigenvalue weighted by Crippen LogP contribution is -2.42. The van der Waals surface area contributed by atoms with Crippen LogP contribution in [0.1, 0.15) is 25.7 Å². The lowest BCUT2D eigenvalue weighted by atomic mass is 10.2. The van der Waals surface area contributed by atoms with Crippen molar-refractivity contribution < 1.29 is 13.3 Å². The number of nitrogens with zero attached hydrogens (tertiary/aromatic N) is 2. The van der Waals surface area contributed by atoms with E-state index in [9.17, 15) is 0 Å². The van der Waals surface area contributed by atoms with Crippen LogP contribution < -0.4 is 0 Å². The first-order chi connectivity index (χ1) is 9.26. The van der Waals surface area contributed by atoms with Crippen molar-refractivity contribution in [2.75, 3.05) is 27.1 Å². The summed E-state index contributed by atoms with van der Waals surface area (Å²) in [6.07, 6.45) is 4.69. The van der Waals surface area contributed by atoms with Crippen LogP contribution in [-0.2, 0) is 13.3 Å². The lowest BCUT2D eigenvalue weighted by molar-refractivity contribution is 0.122. The van der Waals surface area contributed by atoms with E-state index in [0.717, 1.165) is 22.6 Å². The van der Waals surface area contributed by atoms with Gasteiger partial charge in [-0.05, 0) is 12.8 Å². The molecule has 1 heterocycles. The summed E-state index contributed by atoms with van der Waals surface area (Å²) in [6, 6.07) is 0.889. The highest BCUT2D eigenvalue weighted by molar-refractivity contribution is 8.00. The van der Waals surface area contributed by atoms with E-state index in [4.69, 9.17) is 13.3 Å². The number of rotatable bonds is 11. The molecule has 0 atom stereocenters. The van der Waals surface area contributed by atoms with Crippen LogP contribution in [0, 0.1) is 0 Å². The zero-order valence-corrected chi connectivity index (χ0v) is 14.4. The second-order valence-corrected chi connectivity index (χ2v) is 9.28. The van der Waals surface area contributed by atoms with Crippen molar-refractivity contribution in [2.45, 2.75) is 36.1 Å². The van der Waals surface area contributed by atoms with Gasteiger partial charge in [0, 0.05) is 33.1 Å². The highest BCUT2D eigenvalue weighted by Gasteiger charge is 2.36. The maximum Gasteiger partial charge on any atom is 0.500 e. The molecular weight excluding hydrogens is 300 g/mol. The van der Waals surface area contributed by atoms with Crippen molar-refractivity contribution in [1.82, 2.24) is 10.2 Å². The van der Waals surface area contributed by atoms with E-state index in [1.165, 1.54) is 19.3 Å². The second kappa shape index (κ2) is 9.84. The van der Waals surface area contributed by atoms with E-state index in [-0.39, 0.29) is 0 Å². The monoisotopic (exact) mass is 322 g/mol. The largest absolute Gasteiger partial charge is 0.500 e. The Hall–Kier alpha value is 0.00688. The van der Waals surface area contributed by atoms with E-state index >= 15 is 0 Å². The van der Waals surface area contributed by atoms with Gasteiger partial charge in [-0.1, -0.05) is 35.9 Å². The molecule has 0 aliphatic heterocycles. The first kappa shape index (κ1) is 17.1. The Morgan fingerprint density at radius 1 is 1.11 bits per heavy atom. The molecule has 110 valence electrons. The van der Waals surface area contributed by atoms with Crippen molar-refractivity contribution >= 4 is 31.9 Å². The van der Waals surface area contributed by atoms with Gasteiger partial charge in [-0.25, -0.2) is 0 Å². The summed E-state index contributed by atoms with van der Waals surface area (Å²) in [6.45, 7) is 0. The molecule has 19 heavy (non-hydrogen) atoms. The molecule has 0 spiro atoms. The molecule has 0 saturated carbocycles. The topological polar surface area (TPSA) is 53.5 Å². The fourth-order valence-electron chi connectivity index (χ4n) is 1.74. The normalized spacial score (nSPS) is 11.9. The van der Waals surface area contributed by atoms with Gasteiger partial charge in [-0.2, -0.15) is 0 Å². The van der Waals surface area contributed by atoms with Crippen molar-refractivity contribution in [1.29, 1.82) is 0 Å². The Labute approximate surface area is 124 Å². The Bertz CT molecular complexity index is 315. The van der Waals surface area contributed by atoms with Crippen LogP contribution >= 0.6 is 23.1 Å². The molecule has 0 aromatic carbocycles. The molecule has 0 radical (unpaired) electrons. The summed E-state index contributed by atoms with van der Waals surface area (Å²) < 4.78 is 17.2. The molecule has 8 heteroatoms. The second-order valence-electron chi connectivity index (χ2n) is 4.01. The van der Waals surface area contributed by atoms with Crippen molar-refractivity contribution in [3.8, 4) is 0 Å². The van der Waals surface area contributed by atoms with E-state index in [1.807, 2.05) is 0 Å². The number of aromatic nitrogens is 2. The summed E-state index contributed by atoms with van der Waals surface area (Å²) in [5.74, 6) is 1.11. The average molecular weight is 323 g/mol. The summed E-state index contributed by atoms with van der Waals surface area (Å²) in [5, 5.41) is 7.82. The first-order valence-corrected chi connectivity index (χ1v) is 10.1. The highest BCUT2D eigenvalue weighted by atomic mass is 32.2. The van der Waals surface area contributed by atoms with Crippen LogP contribution in [0.15, 0.2) is 9.85 Å². The van der Waals surface area contributed by atoms with Crippen LogP contribution in [0.3, 0.4) is 0 Å². The summed E-state index contributed by atoms with van der Waals surface area (Å²) in [5.41, 5.74) is 1.77. The van der Waals surface area contributed by atoms with Crippen molar-refractivity contribution in [2.24, 2.45) is 0 Å². The Balaban J connectivity index is 2.01. The third kappa shape index (κ3) is 6.33. The van der Waals surface area contributed by atoms with Gasteiger partial charge < -0.3 is 13.3 Å². The molecule has 0 saturated heterocycles. The molecule has 0 bridgehead atoms. The zero-order chi connectivity index (χ0) is 14.0. The van der Waals surface area contributed by atoms with Gasteiger partial charge in [-0.3, -0.25) is 0 Å². The third-order valence-corrected chi connectivity index (χ3v) is 7.65. The SMILES string of the molecule is CO[Si](CCCCCCSc1nncs1)(OC)OC. The minimum atomic E-state index is -2.35. The van der Waals surface area contributed by atoms with Gasteiger partial charge >= 0.3 is 8.80 Å². The van der Waals surface area contributed by atoms with E-state index in [2.05, 4.69) is 10.2 Å². The predicted octanol–water partition coefficient (Wildman–Crippen LogP) is 3.07.